The first kappa shape index (κ1) is 24.3. The van der Waals surface area contributed by atoms with Gasteiger partial charge in [-0.2, -0.15) is 0 Å². The highest BCUT2D eigenvalue weighted by molar-refractivity contribution is 7.17. The highest BCUT2D eigenvalue weighted by atomic mass is 35.5. The third-order valence-corrected chi connectivity index (χ3v) is 5.98. The molecule has 12 heteroatoms. The first-order valence-electron chi connectivity index (χ1n) is 10.4. The SMILES string of the molecule is COc1c(C)ncc(C(=O)Nc2nnc(OC[C@H]3COC(C)(C)CO3)s2)c1-c1ccnc(Cl)c1. The predicted octanol–water partition coefficient (Wildman–Crippen LogP) is 3.79. The van der Waals surface area contributed by atoms with Crippen LogP contribution < -0.4 is 14.8 Å². The van der Waals surface area contributed by atoms with Gasteiger partial charge in [-0.1, -0.05) is 16.7 Å². The molecule has 10 nitrogen and oxygen atoms in total. The van der Waals surface area contributed by atoms with Crippen molar-refractivity contribution in [2.24, 2.45) is 0 Å². The van der Waals surface area contributed by atoms with Crippen LogP contribution in [-0.4, -0.2) is 64.7 Å². The fraction of sp³-hybridized carbons (Fsp3) is 0.409. The molecule has 1 N–H and O–H groups in total. The number of carbonyl (C=O) groups excluding carboxylic acids is 1. The van der Waals surface area contributed by atoms with Crippen molar-refractivity contribution < 1.29 is 23.7 Å². The van der Waals surface area contributed by atoms with E-state index in [2.05, 4.69) is 25.5 Å². The van der Waals surface area contributed by atoms with E-state index in [0.717, 1.165) is 11.3 Å². The first-order chi connectivity index (χ1) is 16.3. The Morgan fingerprint density at radius 2 is 2.18 bits per heavy atom. The second-order valence-electron chi connectivity index (χ2n) is 8.17. The van der Waals surface area contributed by atoms with Gasteiger partial charge >= 0.3 is 0 Å². The maximum Gasteiger partial charge on any atom is 0.295 e. The molecule has 1 fully saturated rings. The van der Waals surface area contributed by atoms with Crippen molar-refractivity contribution in [2.75, 3.05) is 32.2 Å². The van der Waals surface area contributed by atoms with Gasteiger partial charge in [0.15, 0.2) is 0 Å². The molecular formula is C22H24ClN5O5S. The standard InChI is InChI=1S/C22H24ClN5O5S/c1-12-18(30-4)17(13-5-6-24-16(23)7-13)15(8-25-12)19(29)26-20-27-28-21(34-20)31-9-14-10-33-22(2,3)11-32-14/h5-8,14H,9-11H2,1-4H3,(H,26,27,29)/t14-/m0/s1. The minimum absolute atomic E-state index is 0.198. The van der Waals surface area contributed by atoms with Crippen LogP contribution in [0.3, 0.4) is 0 Å². The number of hydrogen-bond donors (Lipinski definition) is 1. The van der Waals surface area contributed by atoms with Gasteiger partial charge in [-0.05, 0) is 49.8 Å². The van der Waals surface area contributed by atoms with Crippen molar-refractivity contribution in [3.05, 3.63) is 40.9 Å². The van der Waals surface area contributed by atoms with Crippen LogP contribution in [0.15, 0.2) is 24.5 Å². The first-order valence-corrected chi connectivity index (χ1v) is 11.6. The summed E-state index contributed by atoms with van der Waals surface area (Å²) in [4.78, 5) is 21.5. The van der Waals surface area contributed by atoms with Crippen LogP contribution in [-0.2, 0) is 9.47 Å². The summed E-state index contributed by atoms with van der Waals surface area (Å²) >= 11 is 7.18. The number of nitrogens with zero attached hydrogens (tertiary/aromatic N) is 4. The normalized spacial score (nSPS) is 17.3. The van der Waals surface area contributed by atoms with Gasteiger partial charge in [0, 0.05) is 18.0 Å². The number of amides is 1. The average molecular weight is 506 g/mol. The van der Waals surface area contributed by atoms with Gasteiger partial charge in [-0.25, -0.2) is 4.98 Å². The number of rotatable bonds is 7. The average Bonchev–Trinajstić information content (AvgIpc) is 3.25. The zero-order valence-electron chi connectivity index (χ0n) is 19.1. The second-order valence-corrected chi connectivity index (χ2v) is 9.50. The molecule has 0 unspecified atom stereocenters. The zero-order valence-corrected chi connectivity index (χ0v) is 20.7. The van der Waals surface area contributed by atoms with Gasteiger partial charge in [0.2, 0.25) is 5.13 Å². The van der Waals surface area contributed by atoms with Crippen molar-refractivity contribution in [3.8, 4) is 22.1 Å². The number of methoxy groups -OCH3 is 1. The molecule has 1 atom stereocenters. The number of ether oxygens (including phenoxy) is 4. The molecule has 1 aliphatic heterocycles. The van der Waals surface area contributed by atoms with Gasteiger partial charge in [0.05, 0.1) is 37.2 Å². The Balaban J connectivity index is 1.48. The predicted molar refractivity (Wildman–Crippen MR) is 127 cm³/mol. The van der Waals surface area contributed by atoms with Crippen molar-refractivity contribution in [1.29, 1.82) is 0 Å². The number of pyridine rings is 2. The van der Waals surface area contributed by atoms with E-state index in [-0.39, 0.29) is 29.0 Å². The van der Waals surface area contributed by atoms with E-state index in [1.165, 1.54) is 13.3 Å². The van der Waals surface area contributed by atoms with Crippen LogP contribution in [0.25, 0.3) is 11.1 Å². The minimum Gasteiger partial charge on any atom is -0.494 e. The Bertz CT molecular complexity index is 1180. The second kappa shape index (κ2) is 10.2. The molecule has 0 saturated carbocycles. The van der Waals surface area contributed by atoms with E-state index in [1.54, 1.807) is 25.3 Å². The number of halogens is 1. The monoisotopic (exact) mass is 505 g/mol. The Hall–Kier alpha value is -2.86. The zero-order chi connectivity index (χ0) is 24.3. The van der Waals surface area contributed by atoms with Crippen molar-refractivity contribution >= 4 is 34.0 Å². The third-order valence-electron chi connectivity index (χ3n) is 5.02. The molecule has 0 radical (unpaired) electrons. The summed E-state index contributed by atoms with van der Waals surface area (Å²) < 4.78 is 22.7. The summed E-state index contributed by atoms with van der Waals surface area (Å²) in [6, 6.07) is 3.40. The Labute approximate surface area is 205 Å². The number of nitrogens with one attached hydrogen (secondary N) is 1. The lowest BCUT2D eigenvalue weighted by Gasteiger charge is -2.34. The van der Waals surface area contributed by atoms with E-state index in [0.29, 0.717) is 46.1 Å². The minimum atomic E-state index is -0.428. The number of hydrogen-bond acceptors (Lipinski definition) is 10. The van der Waals surface area contributed by atoms with Crippen LogP contribution in [0.2, 0.25) is 5.15 Å². The third kappa shape index (κ3) is 5.61. The highest BCUT2D eigenvalue weighted by Crippen LogP contribution is 2.36. The van der Waals surface area contributed by atoms with Crippen LogP contribution in [0, 0.1) is 6.92 Å². The van der Waals surface area contributed by atoms with Crippen molar-refractivity contribution in [2.45, 2.75) is 32.5 Å². The fourth-order valence-corrected chi connectivity index (χ4v) is 4.10. The van der Waals surface area contributed by atoms with Gasteiger partial charge < -0.3 is 18.9 Å². The van der Waals surface area contributed by atoms with E-state index in [1.807, 2.05) is 13.8 Å². The van der Waals surface area contributed by atoms with Gasteiger partial charge in [0.1, 0.15) is 23.6 Å². The lowest BCUT2D eigenvalue weighted by molar-refractivity contribution is -0.181. The van der Waals surface area contributed by atoms with Crippen molar-refractivity contribution in [3.63, 3.8) is 0 Å². The molecule has 1 saturated heterocycles. The maximum atomic E-state index is 13.2. The van der Waals surface area contributed by atoms with Crippen LogP contribution >= 0.6 is 22.9 Å². The van der Waals surface area contributed by atoms with E-state index in [9.17, 15) is 4.79 Å². The lowest BCUT2D eigenvalue weighted by atomic mass is 9.99. The highest BCUT2D eigenvalue weighted by Gasteiger charge is 2.29. The molecule has 3 aromatic rings. The van der Waals surface area contributed by atoms with Crippen LogP contribution in [0.1, 0.15) is 29.9 Å². The molecule has 4 rings (SSSR count). The molecule has 3 aromatic heterocycles. The van der Waals surface area contributed by atoms with Gasteiger partial charge in [-0.3, -0.25) is 15.1 Å². The van der Waals surface area contributed by atoms with Gasteiger partial charge in [0.25, 0.3) is 11.1 Å². The number of anilines is 1. The van der Waals surface area contributed by atoms with Gasteiger partial charge in [-0.15, -0.1) is 5.10 Å². The summed E-state index contributed by atoms with van der Waals surface area (Å²) in [5, 5.41) is 11.6. The van der Waals surface area contributed by atoms with Crippen LogP contribution in [0.5, 0.6) is 10.9 Å². The summed E-state index contributed by atoms with van der Waals surface area (Å²) in [6.07, 6.45) is 2.85. The molecule has 0 aromatic carbocycles. The van der Waals surface area contributed by atoms with Crippen molar-refractivity contribution in [1.82, 2.24) is 20.2 Å². The molecular weight excluding hydrogens is 482 g/mol. The fourth-order valence-electron chi connectivity index (χ4n) is 3.32. The largest absolute Gasteiger partial charge is 0.494 e. The molecule has 4 heterocycles. The number of carbonyl (C=O) groups is 1. The summed E-state index contributed by atoms with van der Waals surface area (Å²) in [7, 11) is 1.52. The molecule has 0 aliphatic carbocycles. The summed E-state index contributed by atoms with van der Waals surface area (Å²) in [5.74, 6) is 0.0387. The van der Waals surface area contributed by atoms with E-state index < -0.39 is 5.91 Å². The summed E-state index contributed by atoms with van der Waals surface area (Å²) in [5.41, 5.74) is 1.84. The molecule has 0 spiro atoms. The molecule has 180 valence electrons. The lowest BCUT2D eigenvalue weighted by Crippen LogP contribution is -2.44. The molecule has 1 amide bonds. The Morgan fingerprint density at radius 1 is 1.35 bits per heavy atom. The quantitative estimate of drug-likeness (QED) is 0.478. The van der Waals surface area contributed by atoms with Crippen LogP contribution in [0.4, 0.5) is 5.13 Å². The summed E-state index contributed by atoms with van der Waals surface area (Å²) in [6.45, 7) is 6.92. The maximum absolute atomic E-state index is 13.2. The topological polar surface area (TPSA) is 118 Å². The van der Waals surface area contributed by atoms with E-state index in [4.69, 9.17) is 30.5 Å². The Morgan fingerprint density at radius 3 is 2.88 bits per heavy atom. The molecule has 34 heavy (non-hydrogen) atoms. The number of aromatic nitrogens is 4. The number of aryl methyl sites for hydroxylation is 1. The smallest absolute Gasteiger partial charge is 0.295 e. The molecule has 0 bridgehead atoms. The molecule has 1 aliphatic rings. The van der Waals surface area contributed by atoms with E-state index >= 15 is 0 Å². The Kier molecular flexibility index (Phi) is 7.27.